The molecule has 1 atom stereocenters. The van der Waals surface area contributed by atoms with Crippen molar-refractivity contribution in [2.45, 2.75) is 11.9 Å². The second-order valence-electron chi connectivity index (χ2n) is 6.59. The fourth-order valence-electron chi connectivity index (χ4n) is 3.22. The molecule has 1 unspecified atom stereocenters. The van der Waals surface area contributed by atoms with Crippen molar-refractivity contribution in [3.63, 3.8) is 0 Å². The Morgan fingerprint density at radius 2 is 1.86 bits per heavy atom. The van der Waals surface area contributed by atoms with Gasteiger partial charge in [0.1, 0.15) is 11.1 Å². The topological polar surface area (TPSA) is 53.8 Å². The molecule has 3 aromatic rings. The molecular formula is C22H20N2O3S. The fraction of sp³-hybridized carbons (Fsp3) is 0.182. The summed E-state index contributed by atoms with van der Waals surface area (Å²) < 4.78 is 5.39. The molecule has 1 aliphatic heterocycles. The van der Waals surface area contributed by atoms with Crippen LogP contribution in [0.2, 0.25) is 0 Å². The van der Waals surface area contributed by atoms with Gasteiger partial charge >= 0.3 is 0 Å². The number of amides is 2. The lowest BCUT2D eigenvalue weighted by Gasteiger charge is -2.23. The van der Waals surface area contributed by atoms with E-state index in [2.05, 4.69) is 0 Å². The normalized spacial score (nSPS) is 16.4. The molecule has 4 rings (SSSR count). The van der Waals surface area contributed by atoms with Crippen molar-refractivity contribution < 1.29 is 14.0 Å². The molecule has 0 radical (unpaired) electrons. The number of anilines is 1. The highest BCUT2D eigenvalue weighted by atomic mass is 32.2. The summed E-state index contributed by atoms with van der Waals surface area (Å²) in [5, 5.41) is -0.0754. The zero-order valence-corrected chi connectivity index (χ0v) is 16.3. The van der Waals surface area contributed by atoms with Crippen LogP contribution in [0.15, 0.2) is 77.4 Å². The molecule has 1 fully saturated rings. The summed E-state index contributed by atoms with van der Waals surface area (Å²) in [7, 11) is 1.77. The van der Waals surface area contributed by atoms with Gasteiger partial charge in [-0.25, -0.2) is 0 Å². The van der Waals surface area contributed by atoms with E-state index < -0.39 is 0 Å². The molecule has 0 aliphatic carbocycles. The van der Waals surface area contributed by atoms with E-state index >= 15 is 0 Å². The van der Waals surface area contributed by atoms with Crippen LogP contribution in [0, 0.1) is 0 Å². The number of rotatable bonds is 5. The van der Waals surface area contributed by atoms with Crippen molar-refractivity contribution in [2.24, 2.45) is 0 Å². The minimum atomic E-state index is -0.0754. The van der Waals surface area contributed by atoms with Gasteiger partial charge in [0.2, 0.25) is 5.91 Å². The zero-order valence-electron chi connectivity index (χ0n) is 15.4. The monoisotopic (exact) mass is 392 g/mol. The molecule has 1 aliphatic rings. The van der Waals surface area contributed by atoms with Crippen LogP contribution < -0.4 is 4.90 Å². The predicted molar refractivity (Wildman–Crippen MR) is 110 cm³/mol. The molecule has 0 bridgehead atoms. The number of benzene rings is 2. The van der Waals surface area contributed by atoms with Gasteiger partial charge in [0.15, 0.2) is 0 Å². The third-order valence-electron chi connectivity index (χ3n) is 4.77. The summed E-state index contributed by atoms with van der Waals surface area (Å²) in [4.78, 5) is 28.5. The van der Waals surface area contributed by atoms with Crippen LogP contribution in [-0.2, 0) is 11.3 Å². The highest BCUT2D eigenvalue weighted by molar-refractivity contribution is 8.00. The number of hydrogen-bond acceptors (Lipinski definition) is 4. The SMILES string of the molecule is CN(C(=O)c1ccc(C2SCC(=O)N2Cc2ccco2)cc1)c1ccccc1. The molecule has 1 aromatic heterocycles. The van der Waals surface area contributed by atoms with Gasteiger partial charge in [0, 0.05) is 18.3 Å². The Morgan fingerprint density at radius 1 is 1.11 bits per heavy atom. The Kier molecular flexibility index (Phi) is 5.21. The van der Waals surface area contributed by atoms with Crippen molar-refractivity contribution in [1.82, 2.24) is 4.90 Å². The van der Waals surface area contributed by atoms with Gasteiger partial charge in [0.05, 0.1) is 18.6 Å². The smallest absolute Gasteiger partial charge is 0.258 e. The van der Waals surface area contributed by atoms with Crippen molar-refractivity contribution >= 4 is 29.3 Å². The summed E-state index contributed by atoms with van der Waals surface area (Å²) >= 11 is 1.59. The van der Waals surface area contributed by atoms with E-state index in [9.17, 15) is 9.59 Å². The lowest BCUT2D eigenvalue weighted by Crippen LogP contribution is -2.28. The van der Waals surface area contributed by atoms with E-state index in [-0.39, 0.29) is 17.2 Å². The predicted octanol–water partition coefficient (Wildman–Crippen LogP) is 4.33. The van der Waals surface area contributed by atoms with Crippen LogP contribution in [0.3, 0.4) is 0 Å². The average molecular weight is 392 g/mol. The summed E-state index contributed by atoms with van der Waals surface area (Å²) in [6.45, 7) is 0.445. The summed E-state index contributed by atoms with van der Waals surface area (Å²) in [5.41, 5.74) is 2.46. The van der Waals surface area contributed by atoms with Gasteiger partial charge in [0.25, 0.3) is 5.91 Å². The first-order valence-electron chi connectivity index (χ1n) is 9.00. The van der Waals surface area contributed by atoms with Crippen LogP contribution >= 0.6 is 11.8 Å². The van der Waals surface area contributed by atoms with Gasteiger partial charge < -0.3 is 14.2 Å². The van der Waals surface area contributed by atoms with E-state index in [4.69, 9.17) is 4.42 Å². The maximum Gasteiger partial charge on any atom is 0.258 e. The van der Waals surface area contributed by atoms with Crippen molar-refractivity contribution in [3.8, 4) is 0 Å². The molecule has 142 valence electrons. The maximum absolute atomic E-state index is 12.7. The number of furan rings is 1. The van der Waals surface area contributed by atoms with Gasteiger partial charge in [-0.2, -0.15) is 0 Å². The summed E-state index contributed by atoms with van der Waals surface area (Å²) in [5.74, 6) is 1.23. The van der Waals surface area contributed by atoms with E-state index in [0.29, 0.717) is 17.9 Å². The second-order valence-corrected chi connectivity index (χ2v) is 7.65. The highest BCUT2D eigenvalue weighted by Crippen LogP contribution is 2.39. The van der Waals surface area contributed by atoms with Crippen LogP contribution in [-0.4, -0.2) is 29.5 Å². The lowest BCUT2D eigenvalue weighted by atomic mass is 10.1. The Hall–Kier alpha value is -2.99. The molecule has 0 spiro atoms. The van der Waals surface area contributed by atoms with E-state index in [1.54, 1.807) is 30.0 Å². The summed E-state index contributed by atoms with van der Waals surface area (Å²) in [6, 6.07) is 20.7. The van der Waals surface area contributed by atoms with E-state index in [1.165, 1.54) is 0 Å². The quantitative estimate of drug-likeness (QED) is 0.649. The highest BCUT2D eigenvalue weighted by Gasteiger charge is 2.33. The number of thioether (sulfide) groups is 1. The molecule has 28 heavy (non-hydrogen) atoms. The van der Waals surface area contributed by atoms with Gasteiger partial charge in [-0.15, -0.1) is 11.8 Å². The molecule has 2 amide bonds. The lowest BCUT2D eigenvalue weighted by molar-refractivity contribution is -0.128. The number of nitrogens with zero attached hydrogens (tertiary/aromatic N) is 2. The standard InChI is InChI=1S/C22H20N2O3S/c1-23(18-6-3-2-4-7-18)21(26)16-9-11-17(12-10-16)22-24(20(25)15-28-22)14-19-8-5-13-27-19/h2-13,22H,14-15H2,1H3. The zero-order chi connectivity index (χ0) is 19.5. The van der Waals surface area contributed by atoms with Crippen LogP contribution in [0.4, 0.5) is 5.69 Å². The van der Waals surface area contributed by atoms with Crippen molar-refractivity contribution in [2.75, 3.05) is 17.7 Å². The Labute approximate surface area is 167 Å². The van der Waals surface area contributed by atoms with Crippen LogP contribution in [0.25, 0.3) is 0 Å². The van der Waals surface area contributed by atoms with Crippen LogP contribution in [0.1, 0.15) is 27.1 Å². The minimum Gasteiger partial charge on any atom is -0.467 e. The Balaban J connectivity index is 1.51. The number of para-hydroxylation sites is 1. The van der Waals surface area contributed by atoms with Gasteiger partial charge in [-0.1, -0.05) is 30.3 Å². The Morgan fingerprint density at radius 3 is 2.54 bits per heavy atom. The molecule has 2 aromatic carbocycles. The molecule has 2 heterocycles. The first kappa shape index (κ1) is 18.4. The van der Waals surface area contributed by atoms with Crippen LogP contribution in [0.5, 0.6) is 0 Å². The molecule has 5 nitrogen and oxygen atoms in total. The fourth-order valence-corrected chi connectivity index (χ4v) is 4.41. The van der Waals surface area contributed by atoms with E-state index in [1.807, 2.05) is 71.6 Å². The number of hydrogen-bond donors (Lipinski definition) is 0. The number of carbonyl (C=O) groups is 2. The minimum absolute atomic E-state index is 0.0691. The Bertz CT molecular complexity index is 955. The van der Waals surface area contributed by atoms with E-state index in [0.717, 1.165) is 17.0 Å². The third kappa shape index (κ3) is 3.68. The van der Waals surface area contributed by atoms with Crippen molar-refractivity contribution in [1.29, 1.82) is 0 Å². The molecular weight excluding hydrogens is 372 g/mol. The maximum atomic E-state index is 12.7. The molecule has 0 N–H and O–H groups in total. The van der Waals surface area contributed by atoms with Gasteiger partial charge in [-0.05, 0) is 42.0 Å². The summed E-state index contributed by atoms with van der Waals surface area (Å²) in [6.07, 6.45) is 1.61. The molecule has 1 saturated heterocycles. The third-order valence-corrected chi connectivity index (χ3v) is 6.02. The first-order chi connectivity index (χ1) is 13.6. The van der Waals surface area contributed by atoms with Crippen molar-refractivity contribution in [3.05, 3.63) is 89.9 Å². The largest absolute Gasteiger partial charge is 0.467 e. The molecule has 0 saturated carbocycles. The second kappa shape index (κ2) is 7.94. The van der Waals surface area contributed by atoms with Gasteiger partial charge in [-0.3, -0.25) is 9.59 Å². The number of carbonyl (C=O) groups excluding carboxylic acids is 2. The molecule has 6 heteroatoms. The first-order valence-corrected chi connectivity index (χ1v) is 10.0. The average Bonchev–Trinajstić information content (AvgIpc) is 3.38.